The molecule has 0 atom stereocenters. The maximum atomic E-state index is 9.65. The maximum absolute atomic E-state index is 9.65. The number of anilines is 2. The second-order valence-corrected chi connectivity index (χ2v) is 4.43. The molecule has 0 saturated carbocycles. The second-order valence-electron chi connectivity index (χ2n) is 3.58. The van der Waals surface area contributed by atoms with Crippen LogP contribution in [0.3, 0.4) is 0 Å². The van der Waals surface area contributed by atoms with E-state index in [0.717, 1.165) is 15.9 Å². The minimum Gasteiger partial charge on any atom is -0.508 e. The van der Waals surface area contributed by atoms with Crippen LogP contribution >= 0.6 is 15.9 Å². The lowest BCUT2D eigenvalue weighted by molar-refractivity contribution is 0.469. The van der Waals surface area contributed by atoms with E-state index in [0.29, 0.717) is 12.2 Å². The number of aromatic hydroxyl groups is 1. The molecule has 2 aromatic rings. The fraction of sp³-hybridized carbons (Fsp3) is 0.0833. The van der Waals surface area contributed by atoms with Gasteiger partial charge in [-0.05, 0) is 46.3 Å². The predicted molar refractivity (Wildman–Crippen MR) is 71.8 cm³/mol. The molecule has 4 N–H and O–H groups in total. The van der Waals surface area contributed by atoms with Crippen molar-refractivity contribution in [3.8, 4) is 5.75 Å². The summed E-state index contributed by atoms with van der Waals surface area (Å²) in [5.41, 5.74) is 7.03. The van der Waals surface area contributed by atoms with Crippen molar-refractivity contribution >= 4 is 27.4 Å². The lowest BCUT2D eigenvalue weighted by Gasteiger charge is -2.09. The van der Waals surface area contributed by atoms with E-state index in [-0.39, 0.29) is 5.75 Å². The first kappa shape index (κ1) is 11.7. The van der Waals surface area contributed by atoms with Gasteiger partial charge in [0, 0.05) is 24.0 Å². The minimum atomic E-state index is 0.221. The number of phenolic OH excluding ortho intramolecular Hbond substituents is 1. The van der Waals surface area contributed by atoms with Crippen LogP contribution < -0.4 is 11.1 Å². The van der Waals surface area contributed by atoms with E-state index in [2.05, 4.69) is 26.2 Å². The quantitative estimate of drug-likeness (QED) is 0.601. The zero-order chi connectivity index (χ0) is 12.3. The van der Waals surface area contributed by atoms with Gasteiger partial charge in [-0.15, -0.1) is 0 Å². The van der Waals surface area contributed by atoms with E-state index in [9.17, 15) is 5.11 Å². The molecule has 5 heteroatoms. The first-order chi connectivity index (χ1) is 8.16. The van der Waals surface area contributed by atoms with Crippen LogP contribution in [0, 0.1) is 0 Å². The van der Waals surface area contributed by atoms with Crippen LogP contribution in [-0.4, -0.2) is 10.1 Å². The molecule has 1 heterocycles. The lowest BCUT2D eigenvalue weighted by atomic mass is 10.2. The molecule has 0 radical (unpaired) electrons. The summed E-state index contributed by atoms with van der Waals surface area (Å²) in [6.45, 7) is 0.465. The molecule has 0 unspecified atom stereocenters. The van der Waals surface area contributed by atoms with E-state index < -0.39 is 0 Å². The van der Waals surface area contributed by atoms with Crippen LogP contribution in [-0.2, 0) is 6.54 Å². The van der Waals surface area contributed by atoms with Crippen molar-refractivity contribution in [1.29, 1.82) is 0 Å². The van der Waals surface area contributed by atoms with Crippen LogP contribution in [0.4, 0.5) is 11.5 Å². The Labute approximate surface area is 108 Å². The Balaban J connectivity index is 2.12. The lowest BCUT2D eigenvalue weighted by Crippen LogP contribution is -2.02. The monoisotopic (exact) mass is 293 g/mol. The molecule has 0 aliphatic heterocycles. The number of nitrogens with two attached hydrogens (primary N) is 1. The zero-order valence-corrected chi connectivity index (χ0v) is 10.6. The number of hydrogen-bond donors (Lipinski definition) is 3. The molecular formula is C12H12BrN3O. The van der Waals surface area contributed by atoms with Gasteiger partial charge in [-0.1, -0.05) is 0 Å². The van der Waals surface area contributed by atoms with Crippen molar-refractivity contribution in [3.05, 3.63) is 46.6 Å². The van der Waals surface area contributed by atoms with Crippen molar-refractivity contribution < 1.29 is 5.11 Å². The number of halogens is 1. The molecule has 0 amide bonds. The van der Waals surface area contributed by atoms with Gasteiger partial charge in [0.15, 0.2) is 0 Å². The van der Waals surface area contributed by atoms with E-state index in [4.69, 9.17) is 5.73 Å². The summed E-state index contributed by atoms with van der Waals surface area (Å²) in [6, 6.07) is 8.72. The minimum absolute atomic E-state index is 0.221. The van der Waals surface area contributed by atoms with Gasteiger partial charge in [-0.3, -0.25) is 0 Å². The fourth-order valence-corrected chi connectivity index (χ4v) is 1.84. The molecule has 0 aliphatic carbocycles. The Morgan fingerprint density at radius 2 is 2.18 bits per heavy atom. The molecule has 88 valence electrons. The van der Waals surface area contributed by atoms with E-state index in [1.165, 1.54) is 0 Å². The number of aromatic nitrogens is 1. The summed E-state index contributed by atoms with van der Waals surface area (Å²) in [5.74, 6) is 0.952. The topological polar surface area (TPSA) is 71.2 Å². The smallest absolute Gasteiger partial charge is 0.140 e. The van der Waals surface area contributed by atoms with Crippen molar-refractivity contribution in [3.63, 3.8) is 0 Å². The van der Waals surface area contributed by atoms with E-state index in [1.54, 1.807) is 24.4 Å². The summed E-state index contributed by atoms with van der Waals surface area (Å²) < 4.78 is 0.878. The maximum Gasteiger partial charge on any atom is 0.140 e. The third kappa shape index (κ3) is 2.88. The summed E-state index contributed by atoms with van der Waals surface area (Å²) in [5, 5.41) is 12.8. The second kappa shape index (κ2) is 5.05. The van der Waals surface area contributed by atoms with Crippen LogP contribution in [0.5, 0.6) is 5.75 Å². The average molecular weight is 294 g/mol. The van der Waals surface area contributed by atoms with Gasteiger partial charge in [-0.25, -0.2) is 4.98 Å². The molecule has 2 rings (SSSR count). The SMILES string of the molecule is Nc1ccc(O)c(CNc2ncccc2Br)c1. The number of nitrogen functional groups attached to an aromatic ring is 1. The number of nitrogens with one attached hydrogen (secondary N) is 1. The predicted octanol–water partition coefficient (Wildman–Crippen LogP) is 2.74. The van der Waals surface area contributed by atoms with Gasteiger partial charge in [-0.2, -0.15) is 0 Å². The Kier molecular flexibility index (Phi) is 3.49. The molecule has 17 heavy (non-hydrogen) atoms. The highest BCUT2D eigenvalue weighted by Gasteiger charge is 2.03. The zero-order valence-electron chi connectivity index (χ0n) is 9.02. The number of phenols is 1. The molecule has 0 bridgehead atoms. The highest BCUT2D eigenvalue weighted by atomic mass is 79.9. The summed E-state index contributed by atoms with van der Waals surface area (Å²) in [6.07, 6.45) is 1.70. The Morgan fingerprint density at radius 3 is 2.94 bits per heavy atom. The summed E-state index contributed by atoms with van der Waals surface area (Å²) in [7, 11) is 0. The van der Waals surface area contributed by atoms with Crippen LogP contribution in [0.15, 0.2) is 41.0 Å². The van der Waals surface area contributed by atoms with E-state index >= 15 is 0 Å². The molecular weight excluding hydrogens is 282 g/mol. The average Bonchev–Trinajstić information content (AvgIpc) is 2.32. The number of nitrogens with zero attached hydrogens (tertiary/aromatic N) is 1. The summed E-state index contributed by atoms with van der Waals surface area (Å²) >= 11 is 3.39. The highest BCUT2D eigenvalue weighted by Crippen LogP contribution is 2.23. The molecule has 0 fully saturated rings. The standard InChI is InChI=1S/C12H12BrN3O/c13-10-2-1-5-15-12(10)16-7-8-6-9(14)3-4-11(8)17/h1-6,17H,7,14H2,(H,15,16). The first-order valence-corrected chi connectivity index (χ1v) is 5.88. The van der Waals surface area contributed by atoms with Gasteiger partial charge in [0.1, 0.15) is 11.6 Å². The molecule has 0 aliphatic rings. The number of hydrogen-bond acceptors (Lipinski definition) is 4. The fourth-order valence-electron chi connectivity index (χ4n) is 1.44. The van der Waals surface area contributed by atoms with Crippen LogP contribution in [0.25, 0.3) is 0 Å². The van der Waals surface area contributed by atoms with Crippen molar-refractivity contribution in [2.24, 2.45) is 0 Å². The largest absolute Gasteiger partial charge is 0.508 e. The van der Waals surface area contributed by atoms with Crippen LogP contribution in [0.1, 0.15) is 5.56 Å². The Hall–Kier alpha value is -1.75. The molecule has 1 aromatic heterocycles. The first-order valence-electron chi connectivity index (χ1n) is 5.08. The molecule has 0 spiro atoms. The number of pyridine rings is 1. The van der Waals surface area contributed by atoms with E-state index in [1.807, 2.05) is 12.1 Å². The van der Waals surface area contributed by atoms with Crippen molar-refractivity contribution in [2.75, 3.05) is 11.1 Å². The van der Waals surface area contributed by atoms with Crippen molar-refractivity contribution in [1.82, 2.24) is 4.98 Å². The van der Waals surface area contributed by atoms with Crippen LogP contribution in [0.2, 0.25) is 0 Å². The highest BCUT2D eigenvalue weighted by molar-refractivity contribution is 9.10. The number of benzene rings is 1. The van der Waals surface area contributed by atoms with Gasteiger partial charge in [0.25, 0.3) is 0 Å². The molecule has 1 aromatic carbocycles. The summed E-state index contributed by atoms with van der Waals surface area (Å²) in [4.78, 5) is 4.17. The number of rotatable bonds is 3. The van der Waals surface area contributed by atoms with Gasteiger partial charge < -0.3 is 16.2 Å². The third-order valence-electron chi connectivity index (χ3n) is 2.31. The van der Waals surface area contributed by atoms with Gasteiger partial charge >= 0.3 is 0 Å². The van der Waals surface area contributed by atoms with Gasteiger partial charge in [0.05, 0.1) is 4.47 Å². The Morgan fingerprint density at radius 1 is 1.35 bits per heavy atom. The Bertz CT molecular complexity index is 531. The normalized spacial score (nSPS) is 10.2. The van der Waals surface area contributed by atoms with Gasteiger partial charge in [0.2, 0.25) is 0 Å². The molecule has 4 nitrogen and oxygen atoms in total. The molecule has 0 saturated heterocycles. The third-order valence-corrected chi connectivity index (χ3v) is 2.95. The van der Waals surface area contributed by atoms with Crippen molar-refractivity contribution in [2.45, 2.75) is 6.54 Å².